The fourth-order valence-electron chi connectivity index (χ4n) is 1.75. The van der Waals surface area contributed by atoms with Crippen molar-refractivity contribution in [1.82, 2.24) is 10.6 Å². The number of nitrogens with one attached hydrogen (secondary N) is 2. The molecular weight excluding hydrogens is 396 g/mol. The maximum atomic E-state index is 11.6. The lowest BCUT2D eigenvalue weighted by molar-refractivity contribution is -0.141. The first kappa shape index (κ1) is 27.2. The number of rotatable bonds is 8. The van der Waals surface area contributed by atoms with Crippen LogP contribution in [0.4, 0.5) is 9.59 Å². The maximum Gasteiger partial charge on any atom is 0.407 e. The third kappa shape index (κ3) is 16.2. The summed E-state index contributed by atoms with van der Waals surface area (Å²) in [5.41, 5.74) is -1.27. The highest BCUT2D eigenvalue weighted by Gasteiger charge is 2.19. The summed E-state index contributed by atoms with van der Waals surface area (Å²) in [7, 11) is 0. The van der Waals surface area contributed by atoms with Crippen LogP contribution < -0.4 is 10.6 Å². The normalized spacial score (nSPS) is 13.7. The number of ether oxygens (including phenoxy) is 4. The van der Waals surface area contributed by atoms with E-state index in [0.29, 0.717) is 0 Å². The van der Waals surface area contributed by atoms with Crippen molar-refractivity contribution in [2.75, 3.05) is 13.2 Å². The third-order valence-electron chi connectivity index (χ3n) is 2.83. The van der Waals surface area contributed by atoms with Gasteiger partial charge in [-0.3, -0.25) is 0 Å². The second-order valence-corrected chi connectivity index (χ2v) is 8.69. The molecule has 0 unspecified atom stereocenters. The number of carbonyl (C=O) groups is 4. The van der Waals surface area contributed by atoms with Crippen LogP contribution in [0.1, 0.15) is 55.4 Å². The SMILES string of the molecule is C[C@H](COC(=O)/C=C/C(=O)OC[C@@H](C)NC(=O)OC(C)(C)C)NC(=O)OC(C)(C)C. The van der Waals surface area contributed by atoms with Crippen LogP contribution in [-0.2, 0) is 28.5 Å². The molecule has 0 heterocycles. The highest BCUT2D eigenvalue weighted by Crippen LogP contribution is 2.07. The molecule has 10 heteroatoms. The first-order valence-corrected chi connectivity index (χ1v) is 9.58. The molecule has 30 heavy (non-hydrogen) atoms. The first-order valence-electron chi connectivity index (χ1n) is 9.58. The zero-order valence-electron chi connectivity index (χ0n) is 19.0. The Kier molecular flexibility index (Phi) is 10.9. The molecule has 0 aromatic carbocycles. The number of carbonyl (C=O) groups excluding carboxylic acids is 4. The summed E-state index contributed by atoms with van der Waals surface area (Å²) in [6, 6.07) is -0.965. The summed E-state index contributed by atoms with van der Waals surface area (Å²) in [5, 5.41) is 5.04. The molecule has 0 bridgehead atoms. The second-order valence-electron chi connectivity index (χ2n) is 8.69. The van der Waals surface area contributed by atoms with Crippen LogP contribution in [0.15, 0.2) is 12.2 Å². The summed E-state index contributed by atoms with van der Waals surface area (Å²) in [4.78, 5) is 46.5. The summed E-state index contributed by atoms with van der Waals surface area (Å²) in [6.45, 7) is 13.5. The average Bonchev–Trinajstić information content (AvgIpc) is 2.52. The fourth-order valence-corrected chi connectivity index (χ4v) is 1.75. The molecule has 0 saturated heterocycles. The Morgan fingerprint density at radius 3 is 1.27 bits per heavy atom. The molecule has 0 fully saturated rings. The van der Waals surface area contributed by atoms with Crippen molar-refractivity contribution in [3.63, 3.8) is 0 Å². The van der Waals surface area contributed by atoms with Crippen molar-refractivity contribution in [1.29, 1.82) is 0 Å². The molecule has 172 valence electrons. The van der Waals surface area contributed by atoms with E-state index in [1.807, 2.05) is 0 Å². The molecule has 0 rings (SSSR count). The van der Waals surface area contributed by atoms with Gasteiger partial charge in [-0.1, -0.05) is 0 Å². The van der Waals surface area contributed by atoms with Crippen molar-refractivity contribution in [3.8, 4) is 0 Å². The lowest BCUT2D eigenvalue weighted by Crippen LogP contribution is -2.40. The smallest absolute Gasteiger partial charge is 0.407 e. The van der Waals surface area contributed by atoms with Gasteiger partial charge in [-0.25, -0.2) is 19.2 Å². The van der Waals surface area contributed by atoms with Gasteiger partial charge in [0.15, 0.2) is 0 Å². The van der Waals surface area contributed by atoms with Crippen molar-refractivity contribution in [2.45, 2.75) is 78.7 Å². The Morgan fingerprint density at radius 1 is 0.700 bits per heavy atom. The highest BCUT2D eigenvalue weighted by atomic mass is 16.6. The Bertz CT molecular complexity index is 578. The van der Waals surface area contributed by atoms with E-state index in [9.17, 15) is 19.2 Å². The molecule has 0 aliphatic rings. The van der Waals surface area contributed by atoms with Gasteiger partial charge in [0.2, 0.25) is 0 Å². The van der Waals surface area contributed by atoms with Crippen LogP contribution in [-0.4, -0.2) is 60.6 Å². The van der Waals surface area contributed by atoms with Crippen LogP contribution >= 0.6 is 0 Å². The van der Waals surface area contributed by atoms with E-state index in [4.69, 9.17) is 18.9 Å². The second kappa shape index (κ2) is 12.0. The maximum absolute atomic E-state index is 11.6. The Hall–Kier alpha value is -2.78. The first-order chi connectivity index (χ1) is 13.6. The van der Waals surface area contributed by atoms with Crippen LogP contribution in [0, 0.1) is 0 Å². The predicted octanol–water partition coefficient (Wildman–Crippen LogP) is 2.46. The molecule has 2 atom stereocenters. The minimum absolute atomic E-state index is 0.103. The lowest BCUT2D eigenvalue weighted by Gasteiger charge is -2.21. The van der Waals surface area contributed by atoms with E-state index in [-0.39, 0.29) is 13.2 Å². The average molecular weight is 430 g/mol. The van der Waals surface area contributed by atoms with E-state index in [1.54, 1.807) is 55.4 Å². The Labute approximate surface area is 177 Å². The summed E-state index contributed by atoms with van der Waals surface area (Å²) >= 11 is 0. The van der Waals surface area contributed by atoms with Gasteiger partial charge in [-0.2, -0.15) is 0 Å². The molecule has 2 N–H and O–H groups in total. The molecule has 0 aromatic heterocycles. The van der Waals surface area contributed by atoms with Crippen LogP contribution in [0.3, 0.4) is 0 Å². The zero-order valence-corrected chi connectivity index (χ0v) is 19.0. The largest absolute Gasteiger partial charge is 0.460 e. The van der Waals surface area contributed by atoms with Gasteiger partial charge in [-0.15, -0.1) is 0 Å². The Balaban J connectivity index is 4.17. The molecule has 0 aliphatic heterocycles. The molecule has 0 radical (unpaired) electrons. The number of alkyl carbamates (subject to hydrolysis) is 2. The minimum atomic E-state index is -0.773. The number of esters is 2. The number of hydrogen-bond acceptors (Lipinski definition) is 8. The minimum Gasteiger partial charge on any atom is -0.460 e. The van der Waals surface area contributed by atoms with E-state index in [1.165, 1.54) is 0 Å². The predicted molar refractivity (Wildman–Crippen MR) is 109 cm³/mol. The van der Waals surface area contributed by atoms with E-state index >= 15 is 0 Å². The van der Waals surface area contributed by atoms with Gasteiger partial charge in [0.25, 0.3) is 0 Å². The van der Waals surface area contributed by atoms with E-state index < -0.39 is 47.4 Å². The van der Waals surface area contributed by atoms with Crippen molar-refractivity contribution in [3.05, 3.63) is 12.2 Å². The van der Waals surface area contributed by atoms with Gasteiger partial charge in [0.05, 0.1) is 12.1 Å². The molecule has 2 amide bonds. The third-order valence-corrected chi connectivity index (χ3v) is 2.83. The summed E-state index contributed by atoms with van der Waals surface area (Å²) in [6.07, 6.45) is 0.571. The van der Waals surface area contributed by atoms with E-state index in [0.717, 1.165) is 12.2 Å². The van der Waals surface area contributed by atoms with Gasteiger partial charge >= 0.3 is 24.1 Å². The van der Waals surface area contributed by atoms with Crippen molar-refractivity contribution in [2.24, 2.45) is 0 Å². The summed E-state index contributed by atoms with van der Waals surface area (Å²) in [5.74, 6) is -1.55. The molecule has 0 spiro atoms. The van der Waals surface area contributed by atoms with Crippen LogP contribution in [0.25, 0.3) is 0 Å². The molecule has 0 aromatic rings. The van der Waals surface area contributed by atoms with Gasteiger partial charge in [-0.05, 0) is 55.4 Å². The molecule has 10 nitrogen and oxygen atoms in total. The van der Waals surface area contributed by atoms with Crippen LogP contribution in [0.5, 0.6) is 0 Å². The van der Waals surface area contributed by atoms with Crippen LogP contribution in [0.2, 0.25) is 0 Å². The lowest BCUT2D eigenvalue weighted by atomic mass is 10.2. The van der Waals surface area contributed by atoms with Gasteiger partial charge in [0, 0.05) is 12.2 Å². The standard InChI is InChI=1S/C20H34N2O8/c1-13(21-17(25)29-19(3,4)5)11-27-15(23)9-10-16(24)28-12-14(2)22-18(26)30-20(6,7)8/h9-10,13-14H,11-12H2,1-8H3,(H,21,25)(H,22,26)/b10-9+/t13-,14-/m1/s1. The topological polar surface area (TPSA) is 129 Å². The highest BCUT2D eigenvalue weighted by molar-refractivity contribution is 5.91. The molecular formula is C20H34N2O8. The number of hydrogen-bond donors (Lipinski definition) is 2. The van der Waals surface area contributed by atoms with Gasteiger partial charge < -0.3 is 29.6 Å². The zero-order chi connectivity index (χ0) is 23.5. The Morgan fingerprint density at radius 2 is 1.00 bits per heavy atom. The van der Waals surface area contributed by atoms with Gasteiger partial charge in [0.1, 0.15) is 24.4 Å². The quantitative estimate of drug-likeness (QED) is 0.341. The molecule has 0 saturated carbocycles. The number of amides is 2. The summed E-state index contributed by atoms with van der Waals surface area (Å²) < 4.78 is 20.0. The monoisotopic (exact) mass is 430 g/mol. The van der Waals surface area contributed by atoms with Crippen molar-refractivity contribution >= 4 is 24.1 Å². The molecule has 0 aliphatic carbocycles. The van der Waals surface area contributed by atoms with Crippen molar-refractivity contribution < 1.29 is 38.1 Å². The van der Waals surface area contributed by atoms with E-state index in [2.05, 4.69) is 10.6 Å². The fraction of sp³-hybridized carbons (Fsp3) is 0.700.